The number of rotatable bonds is 4. The summed E-state index contributed by atoms with van der Waals surface area (Å²) in [6.45, 7) is 0.0941. The van der Waals surface area contributed by atoms with Gasteiger partial charge in [0.05, 0.1) is 5.69 Å². The fourth-order valence-electron chi connectivity index (χ4n) is 1.70. The van der Waals surface area contributed by atoms with Crippen LogP contribution in [0.15, 0.2) is 41.3 Å². The molecule has 1 N–H and O–H groups in total. The zero-order valence-electron chi connectivity index (χ0n) is 10.8. The maximum Gasteiger partial charge on any atom is 0.250 e. The van der Waals surface area contributed by atoms with Crippen molar-refractivity contribution >= 4 is 11.6 Å². The maximum absolute atomic E-state index is 13.4. The van der Waals surface area contributed by atoms with Gasteiger partial charge in [-0.2, -0.15) is 0 Å². The predicted octanol–water partition coefficient (Wildman–Crippen LogP) is 2.29. The minimum Gasteiger partial charge on any atom is -0.323 e. The highest BCUT2D eigenvalue weighted by molar-refractivity contribution is 5.90. The van der Waals surface area contributed by atoms with Gasteiger partial charge < -0.3 is 9.88 Å². The van der Waals surface area contributed by atoms with Crippen molar-refractivity contribution in [2.75, 3.05) is 5.32 Å². The second-order valence-corrected chi connectivity index (χ2v) is 4.25. The first-order chi connectivity index (χ1) is 9.99. The van der Waals surface area contributed by atoms with Gasteiger partial charge in [-0.05, 0) is 18.2 Å². The van der Waals surface area contributed by atoms with Gasteiger partial charge in [0.2, 0.25) is 5.91 Å². The molecule has 0 bridgehead atoms. The van der Waals surface area contributed by atoms with Gasteiger partial charge in [0.1, 0.15) is 0 Å². The number of benzene rings is 1. The molecule has 0 aliphatic heterocycles. The van der Waals surface area contributed by atoms with Crippen LogP contribution < -0.4 is 10.9 Å². The molecular formula is C14H11F3N2O2. The lowest BCUT2D eigenvalue weighted by Crippen LogP contribution is -2.22. The molecule has 0 aliphatic rings. The molecule has 1 aromatic heterocycles. The standard InChI is InChI=1S/C14H11F3N2O2/c15-9-4-5-10(14(17)13(9)16)18-11(20)6-8-19-7-2-1-3-12(19)21/h1-5,7H,6,8H2,(H,18,20). The molecule has 21 heavy (non-hydrogen) atoms. The van der Waals surface area contributed by atoms with Crippen molar-refractivity contribution in [3.05, 3.63) is 64.3 Å². The number of nitrogens with one attached hydrogen (secondary N) is 1. The number of hydrogen-bond donors (Lipinski definition) is 1. The Morgan fingerprint density at radius 2 is 1.86 bits per heavy atom. The average molecular weight is 296 g/mol. The predicted molar refractivity (Wildman–Crippen MR) is 70.3 cm³/mol. The van der Waals surface area contributed by atoms with Gasteiger partial charge in [-0.1, -0.05) is 6.07 Å². The third-order valence-electron chi connectivity index (χ3n) is 2.79. The summed E-state index contributed by atoms with van der Waals surface area (Å²) in [7, 11) is 0. The van der Waals surface area contributed by atoms with Crippen LogP contribution in [0.3, 0.4) is 0 Å². The van der Waals surface area contributed by atoms with Gasteiger partial charge in [-0.3, -0.25) is 9.59 Å². The Kier molecular flexibility index (Phi) is 4.42. The summed E-state index contributed by atoms with van der Waals surface area (Å²) in [6.07, 6.45) is 1.40. The number of halogens is 3. The summed E-state index contributed by atoms with van der Waals surface area (Å²) >= 11 is 0. The molecule has 0 fully saturated rings. The lowest BCUT2D eigenvalue weighted by molar-refractivity contribution is -0.116. The molecule has 2 aromatic rings. The van der Waals surface area contributed by atoms with Crippen LogP contribution >= 0.6 is 0 Å². The smallest absolute Gasteiger partial charge is 0.250 e. The number of hydrogen-bond acceptors (Lipinski definition) is 2. The van der Waals surface area contributed by atoms with Crippen molar-refractivity contribution in [3.63, 3.8) is 0 Å². The van der Waals surface area contributed by atoms with Gasteiger partial charge in [0, 0.05) is 25.2 Å². The Bertz CT molecular complexity index is 728. The van der Waals surface area contributed by atoms with E-state index in [1.165, 1.54) is 16.8 Å². The van der Waals surface area contributed by atoms with Crippen LogP contribution in [0.5, 0.6) is 0 Å². The van der Waals surface area contributed by atoms with E-state index in [0.717, 1.165) is 12.1 Å². The highest BCUT2D eigenvalue weighted by Gasteiger charge is 2.15. The zero-order valence-corrected chi connectivity index (χ0v) is 10.8. The molecule has 4 nitrogen and oxygen atoms in total. The third-order valence-corrected chi connectivity index (χ3v) is 2.79. The number of anilines is 1. The Hall–Kier alpha value is -2.57. The second-order valence-electron chi connectivity index (χ2n) is 4.25. The minimum absolute atomic E-state index is 0.0941. The van der Waals surface area contributed by atoms with Crippen LogP contribution in [0, 0.1) is 17.5 Å². The summed E-state index contributed by atoms with van der Waals surface area (Å²) in [5.74, 6) is -5.05. The normalized spacial score (nSPS) is 10.4. The minimum atomic E-state index is -1.65. The summed E-state index contributed by atoms with van der Waals surface area (Å²) in [4.78, 5) is 23.0. The summed E-state index contributed by atoms with van der Waals surface area (Å²) in [5.41, 5.74) is -0.719. The lowest BCUT2D eigenvalue weighted by atomic mass is 10.2. The number of aromatic nitrogens is 1. The van der Waals surface area contributed by atoms with E-state index in [1.54, 1.807) is 12.1 Å². The summed E-state index contributed by atoms with van der Waals surface area (Å²) in [5, 5.41) is 2.13. The van der Waals surface area contributed by atoms with E-state index in [4.69, 9.17) is 0 Å². The Morgan fingerprint density at radius 1 is 1.10 bits per heavy atom. The van der Waals surface area contributed by atoms with E-state index in [0.29, 0.717) is 0 Å². The first-order valence-electron chi connectivity index (χ1n) is 6.08. The van der Waals surface area contributed by atoms with Crippen molar-refractivity contribution < 1.29 is 18.0 Å². The Morgan fingerprint density at radius 3 is 2.57 bits per heavy atom. The molecule has 0 unspecified atom stereocenters. The van der Waals surface area contributed by atoms with Crippen LogP contribution in [0.1, 0.15) is 6.42 Å². The van der Waals surface area contributed by atoms with E-state index in [1.807, 2.05) is 0 Å². The number of carbonyl (C=O) groups is 1. The van der Waals surface area contributed by atoms with Gasteiger partial charge in [-0.25, -0.2) is 13.2 Å². The summed E-state index contributed by atoms with van der Waals surface area (Å²) in [6, 6.07) is 6.19. The van der Waals surface area contributed by atoms with Crippen LogP contribution in [-0.4, -0.2) is 10.5 Å². The van der Waals surface area contributed by atoms with E-state index < -0.39 is 29.0 Å². The van der Waals surface area contributed by atoms with E-state index in [2.05, 4.69) is 5.32 Å². The highest BCUT2D eigenvalue weighted by Crippen LogP contribution is 2.19. The molecule has 1 heterocycles. The van der Waals surface area contributed by atoms with Gasteiger partial charge in [0.25, 0.3) is 5.56 Å². The number of pyridine rings is 1. The number of nitrogens with zero attached hydrogens (tertiary/aromatic N) is 1. The fraction of sp³-hybridized carbons (Fsp3) is 0.143. The van der Waals surface area contributed by atoms with Crippen LogP contribution in [0.2, 0.25) is 0 Å². The highest BCUT2D eigenvalue weighted by atomic mass is 19.2. The molecule has 0 atom stereocenters. The van der Waals surface area contributed by atoms with Crippen LogP contribution in [0.25, 0.3) is 0 Å². The van der Waals surface area contributed by atoms with Gasteiger partial charge in [-0.15, -0.1) is 0 Å². The molecule has 1 amide bonds. The fourth-order valence-corrected chi connectivity index (χ4v) is 1.70. The zero-order chi connectivity index (χ0) is 15.4. The topological polar surface area (TPSA) is 51.1 Å². The van der Waals surface area contributed by atoms with Crippen molar-refractivity contribution in [2.24, 2.45) is 0 Å². The number of carbonyl (C=O) groups excluding carboxylic acids is 1. The van der Waals surface area contributed by atoms with Gasteiger partial charge in [0.15, 0.2) is 17.5 Å². The van der Waals surface area contributed by atoms with E-state index in [9.17, 15) is 22.8 Å². The van der Waals surface area contributed by atoms with Crippen LogP contribution in [0.4, 0.5) is 18.9 Å². The van der Waals surface area contributed by atoms with Crippen molar-refractivity contribution in [1.29, 1.82) is 0 Å². The van der Waals surface area contributed by atoms with Gasteiger partial charge >= 0.3 is 0 Å². The molecule has 0 spiro atoms. The number of aryl methyl sites for hydroxylation is 1. The van der Waals surface area contributed by atoms with Crippen LogP contribution in [-0.2, 0) is 11.3 Å². The monoisotopic (exact) mass is 296 g/mol. The molecule has 0 saturated carbocycles. The molecule has 2 rings (SSSR count). The van der Waals surface area contributed by atoms with Crippen molar-refractivity contribution in [3.8, 4) is 0 Å². The Balaban J connectivity index is 2.01. The first-order valence-corrected chi connectivity index (χ1v) is 6.08. The SMILES string of the molecule is O=C(CCn1ccccc1=O)Nc1ccc(F)c(F)c1F. The molecular weight excluding hydrogens is 285 g/mol. The van der Waals surface area contributed by atoms with Crippen molar-refractivity contribution in [1.82, 2.24) is 4.57 Å². The molecule has 0 radical (unpaired) electrons. The quantitative estimate of drug-likeness (QED) is 0.880. The lowest BCUT2D eigenvalue weighted by Gasteiger charge is -2.08. The molecule has 1 aromatic carbocycles. The van der Waals surface area contributed by atoms with E-state index >= 15 is 0 Å². The average Bonchev–Trinajstić information content (AvgIpc) is 2.47. The molecule has 0 saturated heterocycles. The molecule has 0 aliphatic carbocycles. The van der Waals surface area contributed by atoms with Crippen molar-refractivity contribution in [2.45, 2.75) is 13.0 Å². The molecule has 110 valence electrons. The Labute approximate surface area is 117 Å². The second kappa shape index (κ2) is 6.25. The first kappa shape index (κ1) is 14.8. The molecule has 7 heteroatoms. The largest absolute Gasteiger partial charge is 0.323 e. The maximum atomic E-state index is 13.4. The summed E-state index contributed by atoms with van der Waals surface area (Å²) < 4.78 is 40.4. The third kappa shape index (κ3) is 3.50. The number of amides is 1. The van der Waals surface area contributed by atoms with E-state index in [-0.39, 0.29) is 18.5 Å².